The van der Waals surface area contributed by atoms with E-state index in [0.717, 1.165) is 58.1 Å². The minimum absolute atomic E-state index is 0.200. The summed E-state index contributed by atoms with van der Waals surface area (Å²) in [6, 6.07) is 0.347. The molecule has 0 aromatic rings. The standard InChI is InChI=1S/C17H35N5O2/c1-5-11-21(6-2)14-10-19-16(18-4)20-15-8-12-22(13-9-15)17(23)24-7-3/h15H,5-14H2,1-4H3,(H2,18,19,20). The van der Waals surface area contributed by atoms with Crippen molar-refractivity contribution >= 4 is 12.1 Å². The highest BCUT2D eigenvalue weighted by molar-refractivity contribution is 5.80. The first kappa shape index (κ1) is 20.5. The monoisotopic (exact) mass is 341 g/mol. The summed E-state index contributed by atoms with van der Waals surface area (Å²) in [7, 11) is 1.80. The van der Waals surface area contributed by atoms with Crippen LogP contribution in [0.15, 0.2) is 4.99 Å². The van der Waals surface area contributed by atoms with E-state index in [2.05, 4.69) is 34.4 Å². The number of nitrogens with zero attached hydrogens (tertiary/aromatic N) is 3. The molecule has 2 N–H and O–H groups in total. The molecule has 0 bridgehead atoms. The minimum Gasteiger partial charge on any atom is -0.450 e. The summed E-state index contributed by atoms with van der Waals surface area (Å²) in [6.07, 6.45) is 2.81. The predicted molar refractivity (Wildman–Crippen MR) is 98.5 cm³/mol. The molecule has 0 unspecified atom stereocenters. The Bertz CT molecular complexity index is 381. The molecular formula is C17H35N5O2. The average molecular weight is 342 g/mol. The predicted octanol–water partition coefficient (Wildman–Crippen LogP) is 1.50. The second-order valence-corrected chi connectivity index (χ2v) is 6.04. The van der Waals surface area contributed by atoms with Crippen molar-refractivity contribution in [2.24, 2.45) is 4.99 Å². The third-order valence-electron chi connectivity index (χ3n) is 4.29. The molecule has 1 aliphatic heterocycles. The average Bonchev–Trinajstić information content (AvgIpc) is 2.60. The Labute approximate surface area is 146 Å². The van der Waals surface area contributed by atoms with E-state index in [0.29, 0.717) is 12.6 Å². The van der Waals surface area contributed by atoms with E-state index in [-0.39, 0.29) is 6.09 Å². The lowest BCUT2D eigenvalue weighted by Crippen LogP contribution is -2.50. The van der Waals surface area contributed by atoms with Crippen molar-refractivity contribution < 1.29 is 9.53 Å². The number of likely N-dealkylation sites (N-methyl/N-ethyl adjacent to an activating group) is 1. The molecule has 1 amide bonds. The van der Waals surface area contributed by atoms with E-state index >= 15 is 0 Å². The molecule has 140 valence electrons. The molecule has 1 fully saturated rings. The Morgan fingerprint density at radius 3 is 2.50 bits per heavy atom. The Morgan fingerprint density at radius 1 is 1.25 bits per heavy atom. The van der Waals surface area contributed by atoms with Crippen LogP contribution in [-0.4, -0.2) is 80.8 Å². The number of hydrogen-bond acceptors (Lipinski definition) is 4. The molecule has 0 aromatic carbocycles. The number of guanidine groups is 1. The zero-order chi connectivity index (χ0) is 17.8. The molecule has 7 nitrogen and oxygen atoms in total. The maximum Gasteiger partial charge on any atom is 0.409 e. The van der Waals surface area contributed by atoms with Gasteiger partial charge in [-0.05, 0) is 39.3 Å². The molecule has 1 aliphatic rings. The van der Waals surface area contributed by atoms with Gasteiger partial charge in [-0.15, -0.1) is 0 Å². The first-order valence-corrected chi connectivity index (χ1v) is 9.25. The van der Waals surface area contributed by atoms with E-state index in [1.54, 1.807) is 11.9 Å². The van der Waals surface area contributed by atoms with Crippen LogP contribution in [0.25, 0.3) is 0 Å². The Balaban J connectivity index is 2.28. The molecule has 1 heterocycles. The summed E-state index contributed by atoms with van der Waals surface area (Å²) in [6.45, 7) is 12.2. The molecule has 0 spiro atoms. The van der Waals surface area contributed by atoms with Crippen LogP contribution in [-0.2, 0) is 4.74 Å². The zero-order valence-corrected chi connectivity index (χ0v) is 15.8. The van der Waals surface area contributed by atoms with Crippen molar-refractivity contribution in [3.05, 3.63) is 0 Å². The largest absolute Gasteiger partial charge is 0.450 e. The molecule has 0 radical (unpaired) electrons. The quantitative estimate of drug-likeness (QED) is 0.517. The summed E-state index contributed by atoms with van der Waals surface area (Å²) < 4.78 is 5.05. The fourth-order valence-corrected chi connectivity index (χ4v) is 2.89. The van der Waals surface area contributed by atoms with Crippen LogP contribution in [0.3, 0.4) is 0 Å². The lowest BCUT2D eigenvalue weighted by molar-refractivity contribution is 0.0963. The Hall–Kier alpha value is -1.50. The van der Waals surface area contributed by atoms with Crippen LogP contribution < -0.4 is 10.6 Å². The first-order valence-electron chi connectivity index (χ1n) is 9.25. The Morgan fingerprint density at radius 2 is 1.96 bits per heavy atom. The van der Waals surface area contributed by atoms with Crippen molar-refractivity contribution in [1.29, 1.82) is 0 Å². The van der Waals surface area contributed by atoms with Gasteiger partial charge in [0, 0.05) is 39.3 Å². The molecule has 0 aromatic heterocycles. The van der Waals surface area contributed by atoms with E-state index < -0.39 is 0 Å². The first-order chi connectivity index (χ1) is 11.6. The van der Waals surface area contributed by atoms with Gasteiger partial charge in [0.05, 0.1) is 6.61 Å². The lowest BCUT2D eigenvalue weighted by Gasteiger charge is -2.32. The number of ether oxygens (including phenoxy) is 1. The van der Waals surface area contributed by atoms with Gasteiger partial charge < -0.3 is 25.2 Å². The summed E-state index contributed by atoms with van der Waals surface area (Å²) in [5.74, 6) is 0.845. The maximum absolute atomic E-state index is 11.7. The van der Waals surface area contributed by atoms with E-state index in [9.17, 15) is 4.79 Å². The van der Waals surface area contributed by atoms with Gasteiger partial charge in [0.2, 0.25) is 0 Å². The van der Waals surface area contributed by atoms with Gasteiger partial charge in [-0.2, -0.15) is 0 Å². The van der Waals surface area contributed by atoms with Crippen molar-refractivity contribution in [3.63, 3.8) is 0 Å². The second kappa shape index (κ2) is 11.9. The third kappa shape index (κ3) is 7.38. The van der Waals surface area contributed by atoms with Gasteiger partial charge in [0.15, 0.2) is 5.96 Å². The number of carbonyl (C=O) groups is 1. The summed E-state index contributed by atoms with van der Waals surface area (Å²) in [4.78, 5) is 20.2. The van der Waals surface area contributed by atoms with Crippen LogP contribution in [0.4, 0.5) is 4.79 Å². The van der Waals surface area contributed by atoms with Gasteiger partial charge in [0.1, 0.15) is 0 Å². The molecule has 1 rings (SSSR count). The van der Waals surface area contributed by atoms with Gasteiger partial charge in [-0.3, -0.25) is 4.99 Å². The van der Waals surface area contributed by atoms with E-state index in [4.69, 9.17) is 4.74 Å². The molecule has 1 saturated heterocycles. The summed E-state index contributed by atoms with van der Waals surface area (Å²) >= 11 is 0. The number of hydrogen-bond donors (Lipinski definition) is 2. The molecule has 0 atom stereocenters. The second-order valence-electron chi connectivity index (χ2n) is 6.04. The van der Waals surface area contributed by atoms with Crippen molar-refractivity contribution in [2.45, 2.75) is 46.1 Å². The van der Waals surface area contributed by atoms with Gasteiger partial charge in [0.25, 0.3) is 0 Å². The molecule has 7 heteroatoms. The molecular weight excluding hydrogens is 306 g/mol. The summed E-state index contributed by atoms with van der Waals surface area (Å²) in [5.41, 5.74) is 0. The highest BCUT2D eigenvalue weighted by Gasteiger charge is 2.23. The SMILES string of the molecule is CCCN(CC)CCNC(=NC)NC1CCN(C(=O)OCC)CC1. The smallest absolute Gasteiger partial charge is 0.409 e. The van der Waals surface area contributed by atoms with Gasteiger partial charge >= 0.3 is 6.09 Å². The van der Waals surface area contributed by atoms with E-state index in [1.807, 2.05) is 6.92 Å². The van der Waals surface area contributed by atoms with Crippen LogP contribution in [0.5, 0.6) is 0 Å². The fourth-order valence-electron chi connectivity index (χ4n) is 2.89. The topological polar surface area (TPSA) is 69.2 Å². The number of carbonyl (C=O) groups excluding carboxylic acids is 1. The maximum atomic E-state index is 11.7. The van der Waals surface area contributed by atoms with Crippen LogP contribution >= 0.6 is 0 Å². The highest BCUT2D eigenvalue weighted by Crippen LogP contribution is 2.11. The minimum atomic E-state index is -0.200. The normalized spacial score (nSPS) is 16.4. The number of aliphatic imine (C=N–C) groups is 1. The molecule has 0 saturated carbocycles. The number of nitrogens with one attached hydrogen (secondary N) is 2. The summed E-state index contributed by atoms with van der Waals surface area (Å²) in [5, 5.41) is 6.85. The lowest BCUT2D eigenvalue weighted by atomic mass is 10.1. The van der Waals surface area contributed by atoms with Gasteiger partial charge in [-0.1, -0.05) is 13.8 Å². The van der Waals surface area contributed by atoms with Crippen molar-refractivity contribution in [1.82, 2.24) is 20.4 Å². The number of likely N-dealkylation sites (tertiary alicyclic amines) is 1. The zero-order valence-electron chi connectivity index (χ0n) is 15.8. The highest BCUT2D eigenvalue weighted by atomic mass is 16.6. The molecule has 24 heavy (non-hydrogen) atoms. The van der Waals surface area contributed by atoms with Gasteiger partial charge in [-0.25, -0.2) is 4.79 Å². The van der Waals surface area contributed by atoms with E-state index in [1.165, 1.54) is 6.42 Å². The van der Waals surface area contributed by atoms with Crippen LogP contribution in [0.2, 0.25) is 0 Å². The number of amides is 1. The third-order valence-corrected chi connectivity index (χ3v) is 4.29. The van der Waals surface area contributed by atoms with Crippen molar-refractivity contribution in [3.8, 4) is 0 Å². The van der Waals surface area contributed by atoms with Crippen LogP contribution in [0.1, 0.15) is 40.0 Å². The number of piperidine rings is 1. The molecule has 0 aliphatic carbocycles. The Kier molecular flexibility index (Phi) is 10.2. The van der Waals surface area contributed by atoms with Crippen molar-refractivity contribution in [2.75, 3.05) is 52.9 Å². The van der Waals surface area contributed by atoms with Crippen LogP contribution in [0, 0.1) is 0 Å². The fraction of sp³-hybridized carbons (Fsp3) is 0.882. The number of rotatable bonds is 8.